The third kappa shape index (κ3) is 3.75. The molecular weight excluding hydrogens is 416 g/mol. The molecule has 0 saturated carbocycles. The molecule has 0 aliphatic heterocycles. The molecule has 0 unspecified atom stereocenters. The van der Waals surface area contributed by atoms with E-state index in [0.29, 0.717) is 28.1 Å². The predicted molar refractivity (Wildman–Crippen MR) is 122 cm³/mol. The Balaban J connectivity index is 1.75. The van der Waals surface area contributed by atoms with Gasteiger partial charge < -0.3 is 9.88 Å². The number of fused-ring (bicyclic) bond motifs is 1. The molecule has 4 aromatic rings. The number of benzene rings is 3. The molecule has 0 bridgehead atoms. The first-order chi connectivity index (χ1) is 14.8. The lowest BCUT2D eigenvalue weighted by atomic mass is 10.1. The van der Waals surface area contributed by atoms with E-state index < -0.39 is 4.92 Å². The number of rotatable bonds is 4. The van der Waals surface area contributed by atoms with E-state index in [9.17, 15) is 14.9 Å². The van der Waals surface area contributed by atoms with Crippen LogP contribution in [0.1, 0.15) is 21.5 Å². The molecule has 1 N–H and O–H groups in total. The van der Waals surface area contributed by atoms with E-state index in [4.69, 9.17) is 11.6 Å². The smallest absolute Gasteiger partial charge is 0.281 e. The van der Waals surface area contributed by atoms with Crippen molar-refractivity contribution < 1.29 is 9.72 Å². The molecule has 0 aliphatic carbocycles. The minimum Gasteiger partial charge on any atom is -0.327 e. The Labute approximate surface area is 183 Å². The van der Waals surface area contributed by atoms with Gasteiger partial charge in [-0.15, -0.1) is 0 Å². The fourth-order valence-electron chi connectivity index (χ4n) is 3.46. The summed E-state index contributed by atoms with van der Waals surface area (Å²) in [6.07, 6.45) is 0. The van der Waals surface area contributed by atoms with Crippen molar-refractivity contribution in [1.82, 2.24) is 9.55 Å². The highest BCUT2D eigenvalue weighted by molar-refractivity contribution is 6.33. The summed E-state index contributed by atoms with van der Waals surface area (Å²) in [5.41, 5.74) is 4.79. The van der Waals surface area contributed by atoms with E-state index in [0.717, 1.165) is 11.1 Å². The molecule has 0 spiro atoms. The number of amides is 1. The van der Waals surface area contributed by atoms with E-state index in [1.807, 2.05) is 32.0 Å². The molecule has 0 radical (unpaired) electrons. The van der Waals surface area contributed by atoms with Gasteiger partial charge in [-0.1, -0.05) is 23.7 Å². The lowest BCUT2D eigenvalue weighted by Crippen LogP contribution is -2.12. The number of halogens is 1. The maximum absolute atomic E-state index is 12.8. The number of anilines is 1. The summed E-state index contributed by atoms with van der Waals surface area (Å²) in [6, 6.07) is 15.4. The number of carbonyl (C=O) groups excluding carboxylic acids is 1. The van der Waals surface area contributed by atoms with Crippen molar-refractivity contribution >= 4 is 39.9 Å². The topological polar surface area (TPSA) is 90.1 Å². The summed E-state index contributed by atoms with van der Waals surface area (Å²) in [5.74, 6) is 0.107. The first-order valence-corrected chi connectivity index (χ1v) is 9.92. The van der Waals surface area contributed by atoms with E-state index in [2.05, 4.69) is 10.3 Å². The zero-order valence-corrected chi connectivity index (χ0v) is 17.9. The SMILES string of the molecule is Cc1ccc(NC(=O)c2ccc3nc(-c4c(Cl)cccc4[N+](=O)[O-])n(C)c3c2)cc1C. The molecule has 3 aromatic carbocycles. The Morgan fingerprint density at radius 3 is 2.58 bits per heavy atom. The maximum Gasteiger partial charge on any atom is 0.281 e. The highest BCUT2D eigenvalue weighted by Gasteiger charge is 2.23. The molecule has 156 valence electrons. The number of nitro groups is 1. The van der Waals surface area contributed by atoms with Crippen LogP contribution in [0.3, 0.4) is 0 Å². The molecule has 0 fully saturated rings. The molecule has 7 nitrogen and oxygen atoms in total. The van der Waals surface area contributed by atoms with Gasteiger partial charge in [0, 0.05) is 24.4 Å². The van der Waals surface area contributed by atoms with Gasteiger partial charge in [-0.05, 0) is 61.4 Å². The molecule has 0 atom stereocenters. The van der Waals surface area contributed by atoms with E-state index >= 15 is 0 Å². The van der Waals surface area contributed by atoms with Crippen LogP contribution in [0, 0.1) is 24.0 Å². The van der Waals surface area contributed by atoms with Gasteiger partial charge in [0.25, 0.3) is 11.6 Å². The van der Waals surface area contributed by atoms with Crippen LogP contribution in [0.4, 0.5) is 11.4 Å². The molecule has 1 heterocycles. The van der Waals surface area contributed by atoms with Crippen LogP contribution in [0.5, 0.6) is 0 Å². The standard InChI is InChI=1S/C23H19ClN4O3/c1-13-7-9-16(11-14(13)2)25-23(29)15-8-10-18-20(12-15)27(3)22(26-18)21-17(24)5-4-6-19(21)28(30)31/h4-12H,1-3H3,(H,25,29). The fraction of sp³-hybridized carbons (Fsp3) is 0.130. The second kappa shape index (κ2) is 7.85. The quantitative estimate of drug-likeness (QED) is 0.331. The number of nitro benzene ring substituents is 1. The van der Waals surface area contributed by atoms with Crippen molar-refractivity contribution in [3.63, 3.8) is 0 Å². The lowest BCUT2D eigenvalue weighted by Gasteiger charge is -2.08. The van der Waals surface area contributed by atoms with Gasteiger partial charge in [0.15, 0.2) is 0 Å². The maximum atomic E-state index is 12.8. The first-order valence-electron chi connectivity index (χ1n) is 9.54. The summed E-state index contributed by atoms with van der Waals surface area (Å²) in [6.45, 7) is 4.00. The van der Waals surface area contributed by atoms with E-state index in [1.165, 1.54) is 12.1 Å². The number of aryl methyl sites for hydroxylation is 3. The number of nitrogens with one attached hydrogen (secondary N) is 1. The summed E-state index contributed by atoms with van der Waals surface area (Å²) >= 11 is 6.28. The number of nitrogens with zero attached hydrogens (tertiary/aromatic N) is 3. The number of hydrogen-bond acceptors (Lipinski definition) is 4. The second-order valence-electron chi connectivity index (χ2n) is 7.34. The minimum absolute atomic E-state index is 0.126. The molecule has 4 rings (SSSR count). The predicted octanol–water partition coefficient (Wildman–Crippen LogP) is 5.67. The highest BCUT2D eigenvalue weighted by Crippen LogP contribution is 2.37. The zero-order chi connectivity index (χ0) is 22.3. The zero-order valence-electron chi connectivity index (χ0n) is 17.1. The number of carbonyl (C=O) groups is 1. The molecule has 1 aromatic heterocycles. The Morgan fingerprint density at radius 2 is 1.87 bits per heavy atom. The van der Waals surface area contributed by atoms with Gasteiger partial charge >= 0.3 is 0 Å². The Morgan fingerprint density at radius 1 is 1.10 bits per heavy atom. The van der Waals surface area contributed by atoms with Crippen molar-refractivity contribution in [3.05, 3.63) is 86.4 Å². The van der Waals surface area contributed by atoms with E-state index in [-0.39, 0.29) is 22.2 Å². The van der Waals surface area contributed by atoms with Crippen LogP contribution >= 0.6 is 11.6 Å². The molecule has 0 saturated heterocycles. The Hall–Kier alpha value is -3.71. The Bertz CT molecular complexity index is 1360. The third-order valence-corrected chi connectivity index (χ3v) is 5.63. The first kappa shape index (κ1) is 20.6. The van der Waals surface area contributed by atoms with Gasteiger partial charge in [0.05, 0.1) is 21.0 Å². The average molecular weight is 435 g/mol. The lowest BCUT2D eigenvalue weighted by molar-refractivity contribution is -0.384. The molecule has 1 amide bonds. The number of aromatic nitrogens is 2. The number of imidazole rings is 1. The van der Waals surface area contributed by atoms with Gasteiger partial charge in [0.1, 0.15) is 11.4 Å². The molecule has 8 heteroatoms. The summed E-state index contributed by atoms with van der Waals surface area (Å²) < 4.78 is 1.70. The van der Waals surface area contributed by atoms with Gasteiger partial charge in [-0.2, -0.15) is 0 Å². The number of hydrogen-bond donors (Lipinski definition) is 1. The van der Waals surface area contributed by atoms with Gasteiger partial charge in [-0.25, -0.2) is 4.98 Å². The monoisotopic (exact) mass is 434 g/mol. The van der Waals surface area contributed by atoms with Crippen LogP contribution in [0.25, 0.3) is 22.4 Å². The van der Waals surface area contributed by atoms with Gasteiger partial charge in [-0.3, -0.25) is 14.9 Å². The summed E-state index contributed by atoms with van der Waals surface area (Å²) in [4.78, 5) is 28.3. The second-order valence-corrected chi connectivity index (χ2v) is 7.75. The molecular formula is C23H19ClN4O3. The van der Waals surface area contributed by atoms with E-state index in [1.54, 1.807) is 35.9 Å². The summed E-state index contributed by atoms with van der Waals surface area (Å²) in [5, 5.41) is 14.6. The molecule has 0 aliphatic rings. The van der Waals surface area contributed by atoms with Crippen LogP contribution in [0.2, 0.25) is 5.02 Å². The normalized spacial score (nSPS) is 11.0. The fourth-order valence-corrected chi connectivity index (χ4v) is 3.72. The van der Waals surface area contributed by atoms with Crippen molar-refractivity contribution in [2.24, 2.45) is 7.05 Å². The van der Waals surface area contributed by atoms with Crippen molar-refractivity contribution in [2.75, 3.05) is 5.32 Å². The van der Waals surface area contributed by atoms with Crippen LogP contribution in [-0.4, -0.2) is 20.4 Å². The highest BCUT2D eigenvalue weighted by atomic mass is 35.5. The van der Waals surface area contributed by atoms with Crippen LogP contribution in [-0.2, 0) is 7.05 Å². The average Bonchev–Trinajstić information content (AvgIpc) is 3.06. The van der Waals surface area contributed by atoms with Crippen LogP contribution in [0.15, 0.2) is 54.6 Å². The van der Waals surface area contributed by atoms with Crippen molar-refractivity contribution in [2.45, 2.75) is 13.8 Å². The largest absolute Gasteiger partial charge is 0.327 e. The van der Waals surface area contributed by atoms with Crippen molar-refractivity contribution in [3.8, 4) is 11.4 Å². The third-order valence-electron chi connectivity index (χ3n) is 5.32. The summed E-state index contributed by atoms with van der Waals surface area (Å²) in [7, 11) is 1.74. The van der Waals surface area contributed by atoms with Crippen molar-refractivity contribution in [1.29, 1.82) is 0 Å². The molecule has 31 heavy (non-hydrogen) atoms. The minimum atomic E-state index is -0.483. The Kier molecular flexibility index (Phi) is 5.20. The van der Waals surface area contributed by atoms with Crippen LogP contribution < -0.4 is 5.32 Å². The van der Waals surface area contributed by atoms with Gasteiger partial charge in [0.2, 0.25) is 0 Å².